The number of nitrogens with zero attached hydrogens (tertiary/aromatic N) is 1. The Morgan fingerprint density at radius 1 is 1.28 bits per heavy atom. The van der Waals surface area contributed by atoms with Gasteiger partial charge in [-0.2, -0.15) is 0 Å². The quantitative estimate of drug-likeness (QED) is 0.664. The summed E-state index contributed by atoms with van der Waals surface area (Å²) in [7, 11) is 2.08. The highest BCUT2D eigenvalue weighted by Crippen LogP contribution is 2.33. The van der Waals surface area contributed by atoms with Crippen LogP contribution in [0.5, 0.6) is 11.5 Å². The van der Waals surface area contributed by atoms with Crippen LogP contribution in [0.1, 0.15) is 17.5 Å². The van der Waals surface area contributed by atoms with E-state index in [0.29, 0.717) is 11.9 Å². The molecule has 1 atom stereocenters. The molecule has 1 aromatic rings. The standard InChI is InChI=1S/C13H18ClNO2.ClH/c1-15(5-4-14)11-3-2-9-7-12(16)13(17)8-10(9)6-11;/h7-8,11,16-17H,2-6H2,1H3;1H. The number of halogens is 2. The zero-order chi connectivity index (χ0) is 12.4. The molecule has 0 fully saturated rings. The summed E-state index contributed by atoms with van der Waals surface area (Å²) in [6, 6.07) is 3.85. The first-order valence-electron chi connectivity index (χ1n) is 5.91. The van der Waals surface area contributed by atoms with Gasteiger partial charge in [0, 0.05) is 18.5 Å². The summed E-state index contributed by atoms with van der Waals surface area (Å²) in [5, 5.41) is 19.0. The number of phenolic OH excluding ortho intramolecular Hbond substituents is 2. The molecule has 0 radical (unpaired) electrons. The van der Waals surface area contributed by atoms with Gasteiger partial charge in [0.1, 0.15) is 0 Å². The molecule has 0 saturated carbocycles. The van der Waals surface area contributed by atoms with Crippen LogP contribution in [0, 0.1) is 0 Å². The number of aryl methyl sites for hydroxylation is 1. The van der Waals surface area contributed by atoms with E-state index in [2.05, 4.69) is 11.9 Å². The number of fused-ring (bicyclic) bond motifs is 1. The number of hydrogen-bond acceptors (Lipinski definition) is 3. The molecule has 102 valence electrons. The molecule has 1 aliphatic carbocycles. The molecule has 0 heterocycles. The molecular formula is C13H19Cl2NO2. The van der Waals surface area contributed by atoms with E-state index in [0.717, 1.165) is 36.9 Å². The predicted molar refractivity (Wildman–Crippen MR) is 76.2 cm³/mol. The maximum absolute atomic E-state index is 9.52. The molecule has 0 aromatic heterocycles. The van der Waals surface area contributed by atoms with Crippen LogP contribution in [0.15, 0.2) is 12.1 Å². The number of rotatable bonds is 3. The van der Waals surface area contributed by atoms with Crippen molar-refractivity contribution in [3.05, 3.63) is 23.3 Å². The van der Waals surface area contributed by atoms with Crippen LogP contribution in [-0.4, -0.2) is 40.6 Å². The van der Waals surface area contributed by atoms with E-state index in [4.69, 9.17) is 11.6 Å². The van der Waals surface area contributed by atoms with E-state index in [1.807, 2.05) is 0 Å². The second kappa shape index (κ2) is 6.50. The fourth-order valence-corrected chi connectivity index (χ4v) is 2.72. The van der Waals surface area contributed by atoms with Gasteiger partial charge in [-0.1, -0.05) is 0 Å². The largest absolute Gasteiger partial charge is 0.504 e. The lowest BCUT2D eigenvalue weighted by Gasteiger charge is -2.32. The van der Waals surface area contributed by atoms with Gasteiger partial charge in [0.2, 0.25) is 0 Å². The number of phenols is 2. The lowest BCUT2D eigenvalue weighted by molar-refractivity contribution is 0.233. The second-order valence-corrected chi connectivity index (χ2v) is 5.05. The molecule has 3 nitrogen and oxygen atoms in total. The highest BCUT2D eigenvalue weighted by atomic mass is 35.5. The maximum atomic E-state index is 9.52. The van der Waals surface area contributed by atoms with Gasteiger partial charge in [0.25, 0.3) is 0 Å². The molecular weight excluding hydrogens is 273 g/mol. The normalized spacial score (nSPS) is 18.3. The summed E-state index contributed by atoms with van der Waals surface area (Å²) in [6.45, 7) is 0.881. The summed E-state index contributed by atoms with van der Waals surface area (Å²) in [4.78, 5) is 2.26. The topological polar surface area (TPSA) is 43.7 Å². The van der Waals surface area contributed by atoms with Crippen molar-refractivity contribution in [1.82, 2.24) is 4.90 Å². The Kier molecular flexibility index (Phi) is 5.57. The Bertz CT molecular complexity index is 412. The Morgan fingerprint density at radius 2 is 1.89 bits per heavy atom. The summed E-state index contributed by atoms with van der Waals surface area (Å²) in [6.07, 6.45) is 2.93. The fourth-order valence-electron chi connectivity index (χ4n) is 2.46. The summed E-state index contributed by atoms with van der Waals surface area (Å²) < 4.78 is 0. The Morgan fingerprint density at radius 3 is 2.50 bits per heavy atom. The number of likely N-dealkylation sites (N-methyl/N-ethyl adjacent to an activating group) is 1. The molecule has 0 amide bonds. The summed E-state index contributed by atoms with van der Waals surface area (Å²) >= 11 is 5.75. The van der Waals surface area contributed by atoms with E-state index in [9.17, 15) is 10.2 Å². The van der Waals surface area contributed by atoms with Crippen molar-refractivity contribution in [2.45, 2.75) is 25.3 Å². The lowest BCUT2D eigenvalue weighted by atomic mass is 9.87. The monoisotopic (exact) mass is 291 g/mol. The first-order valence-corrected chi connectivity index (χ1v) is 6.45. The third kappa shape index (κ3) is 3.22. The van der Waals surface area contributed by atoms with E-state index in [1.54, 1.807) is 12.1 Å². The van der Waals surface area contributed by atoms with Crippen molar-refractivity contribution in [1.29, 1.82) is 0 Å². The first kappa shape index (κ1) is 15.4. The SMILES string of the molecule is CN(CCCl)C1CCc2cc(O)c(O)cc2C1.Cl. The Labute approximate surface area is 119 Å². The van der Waals surface area contributed by atoms with Crippen LogP contribution in [0.4, 0.5) is 0 Å². The van der Waals surface area contributed by atoms with Gasteiger partial charge in [0.15, 0.2) is 11.5 Å². The molecule has 1 unspecified atom stereocenters. The van der Waals surface area contributed by atoms with Crippen LogP contribution in [-0.2, 0) is 12.8 Å². The van der Waals surface area contributed by atoms with Crippen molar-refractivity contribution in [2.75, 3.05) is 19.5 Å². The smallest absolute Gasteiger partial charge is 0.157 e. The fraction of sp³-hybridized carbons (Fsp3) is 0.538. The van der Waals surface area contributed by atoms with Crippen molar-refractivity contribution in [2.24, 2.45) is 0 Å². The zero-order valence-electron chi connectivity index (χ0n) is 10.4. The van der Waals surface area contributed by atoms with E-state index >= 15 is 0 Å². The molecule has 0 bridgehead atoms. The highest BCUT2D eigenvalue weighted by Gasteiger charge is 2.22. The number of hydrogen-bond donors (Lipinski definition) is 2. The van der Waals surface area contributed by atoms with Crippen molar-refractivity contribution >= 4 is 24.0 Å². The Hall–Kier alpha value is -0.640. The maximum Gasteiger partial charge on any atom is 0.157 e. The van der Waals surface area contributed by atoms with E-state index < -0.39 is 0 Å². The third-order valence-electron chi connectivity index (χ3n) is 3.56. The van der Waals surface area contributed by atoms with Crippen molar-refractivity contribution < 1.29 is 10.2 Å². The lowest BCUT2D eigenvalue weighted by Crippen LogP contribution is -2.37. The van der Waals surface area contributed by atoms with Crippen LogP contribution in [0.3, 0.4) is 0 Å². The van der Waals surface area contributed by atoms with Crippen LogP contribution < -0.4 is 0 Å². The van der Waals surface area contributed by atoms with Gasteiger partial charge in [-0.25, -0.2) is 0 Å². The van der Waals surface area contributed by atoms with Gasteiger partial charge in [-0.15, -0.1) is 24.0 Å². The molecule has 0 saturated heterocycles. The number of alkyl halides is 1. The van der Waals surface area contributed by atoms with Gasteiger partial charge < -0.3 is 15.1 Å². The highest BCUT2D eigenvalue weighted by molar-refractivity contribution is 6.18. The molecule has 0 aliphatic heterocycles. The summed E-state index contributed by atoms with van der Waals surface area (Å²) in [5.74, 6) is 0.599. The van der Waals surface area contributed by atoms with E-state index in [1.165, 1.54) is 0 Å². The number of benzene rings is 1. The van der Waals surface area contributed by atoms with Crippen LogP contribution in [0.25, 0.3) is 0 Å². The molecule has 1 aliphatic rings. The van der Waals surface area contributed by atoms with Gasteiger partial charge in [-0.05, 0) is 49.6 Å². The first-order chi connectivity index (χ1) is 8.11. The Balaban J connectivity index is 0.00000162. The molecule has 1 aromatic carbocycles. The van der Waals surface area contributed by atoms with E-state index in [-0.39, 0.29) is 23.9 Å². The van der Waals surface area contributed by atoms with Gasteiger partial charge >= 0.3 is 0 Å². The average Bonchev–Trinajstić information content (AvgIpc) is 2.30. The minimum Gasteiger partial charge on any atom is -0.504 e. The minimum absolute atomic E-state index is 0. The molecule has 2 rings (SSSR count). The molecule has 5 heteroatoms. The molecule has 18 heavy (non-hydrogen) atoms. The molecule has 0 spiro atoms. The van der Waals surface area contributed by atoms with Crippen LogP contribution in [0.2, 0.25) is 0 Å². The van der Waals surface area contributed by atoms with Crippen molar-refractivity contribution in [3.63, 3.8) is 0 Å². The number of aromatic hydroxyl groups is 2. The minimum atomic E-state index is -0.0237. The zero-order valence-corrected chi connectivity index (χ0v) is 12.0. The second-order valence-electron chi connectivity index (χ2n) is 4.68. The van der Waals surface area contributed by atoms with Crippen molar-refractivity contribution in [3.8, 4) is 11.5 Å². The van der Waals surface area contributed by atoms with Crippen LogP contribution >= 0.6 is 24.0 Å². The predicted octanol–water partition coefficient (Wildman–Crippen LogP) is 2.55. The summed E-state index contributed by atoms with van der Waals surface area (Å²) in [5.41, 5.74) is 2.29. The van der Waals surface area contributed by atoms with Gasteiger partial charge in [-0.3, -0.25) is 0 Å². The van der Waals surface area contributed by atoms with Gasteiger partial charge in [0.05, 0.1) is 0 Å². The third-order valence-corrected chi connectivity index (χ3v) is 3.73. The molecule has 2 N–H and O–H groups in total. The average molecular weight is 292 g/mol.